The summed E-state index contributed by atoms with van der Waals surface area (Å²) in [5.74, 6) is -0.676. The summed E-state index contributed by atoms with van der Waals surface area (Å²) in [4.78, 5) is 40.6. The fourth-order valence-electron chi connectivity index (χ4n) is 3.33. The summed E-state index contributed by atoms with van der Waals surface area (Å²) in [6.07, 6.45) is 0.409. The molecule has 6 heteroatoms. The molecule has 0 unspecified atom stereocenters. The van der Waals surface area contributed by atoms with Crippen molar-refractivity contribution in [3.63, 3.8) is 0 Å². The number of amides is 4. The van der Waals surface area contributed by atoms with Crippen molar-refractivity contribution >= 4 is 17.8 Å². The van der Waals surface area contributed by atoms with E-state index in [9.17, 15) is 14.4 Å². The molecule has 0 spiro atoms. The Kier molecular flexibility index (Phi) is 5.26. The van der Waals surface area contributed by atoms with Gasteiger partial charge < -0.3 is 10.2 Å². The molecule has 2 aromatic rings. The second kappa shape index (κ2) is 7.61. The third kappa shape index (κ3) is 3.56. The van der Waals surface area contributed by atoms with Crippen LogP contribution in [-0.2, 0) is 21.7 Å². The zero-order chi connectivity index (χ0) is 19.4. The van der Waals surface area contributed by atoms with Crippen LogP contribution in [0.2, 0.25) is 0 Å². The number of likely N-dealkylation sites (N-methyl/N-ethyl adjacent to an activating group) is 1. The molecule has 0 bridgehead atoms. The van der Waals surface area contributed by atoms with Gasteiger partial charge in [0, 0.05) is 13.6 Å². The third-order valence-electron chi connectivity index (χ3n) is 4.95. The van der Waals surface area contributed by atoms with Crippen molar-refractivity contribution in [2.24, 2.45) is 0 Å². The Morgan fingerprint density at radius 2 is 1.63 bits per heavy atom. The molecular formula is C21H23N3O3. The lowest BCUT2D eigenvalue weighted by Gasteiger charge is -2.26. The molecule has 140 valence electrons. The largest absolute Gasteiger partial charge is 0.340 e. The SMILES string of the molecule is CC[C@@]1(c2ccccc2)NC(=O)N(CC(=O)N(C)Cc2ccccc2)C1=O. The highest BCUT2D eigenvalue weighted by molar-refractivity contribution is 6.09. The van der Waals surface area contributed by atoms with Gasteiger partial charge >= 0.3 is 6.03 Å². The molecule has 6 nitrogen and oxygen atoms in total. The number of imide groups is 1. The molecule has 0 aliphatic carbocycles. The zero-order valence-corrected chi connectivity index (χ0v) is 15.5. The first-order chi connectivity index (χ1) is 13.0. The van der Waals surface area contributed by atoms with Crippen LogP contribution in [0.4, 0.5) is 4.79 Å². The summed E-state index contributed by atoms with van der Waals surface area (Å²) < 4.78 is 0. The minimum absolute atomic E-state index is 0.275. The monoisotopic (exact) mass is 365 g/mol. The molecule has 1 atom stereocenters. The van der Waals surface area contributed by atoms with E-state index in [1.54, 1.807) is 7.05 Å². The van der Waals surface area contributed by atoms with Crippen LogP contribution >= 0.6 is 0 Å². The summed E-state index contributed by atoms with van der Waals surface area (Å²) in [7, 11) is 1.66. The van der Waals surface area contributed by atoms with Gasteiger partial charge in [-0.3, -0.25) is 14.5 Å². The van der Waals surface area contributed by atoms with Crippen LogP contribution in [0.1, 0.15) is 24.5 Å². The smallest absolute Gasteiger partial charge is 0.325 e. The van der Waals surface area contributed by atoms with Crippen molar-refractivity contribution in [2.45, 2.75) is 25.4 Å². The second-order valence-corrected chi connectivity index (χ2v) is 6.68. The fraction of sp³-hybridized carbons (Fsp3) is 0.286. The maximum Gasteiger partial charge on any atom is 0.325 e. The predicted octanol–water partition coefficient (Wildman–Crippen LogP) is 2.50. The number of nitrogens with one attached hydrogen (secondary N) is 1. The van der Waals surface area contributed by atoms with Crippen LogP contribution in [0.15, 0.2) is 60.7 Å². The summed E-state index contributed by atoms with van der Waals surface area (Å²) in [6, 6.07) is 18.2. The Hall–Kier alpha value is -3.15. The number of urea groups is 1. The number of hydrogen-bond donors (Lipinski definition) is 1. The molecule has 4 amide bonds. The molecule has 27 heavy (non-hydrogen) atoms. The van der Waals surface area contributed by atoms with E-state index in [1.165, 1.54) is 4.90 Å². The Balaban J connectivity index is 1.74. The van der Waals surface area contributed by atoms with Crippen LogP contribution in [0.5, 0.6) is 0 Å². The maximum absolute atomic E-state index is 13.1. The normalized spacial score (nSPS) is 19.1. The van der Waals surface area contributed by atoms with E-state index < -0.39 is 11.6 Å². The lowest BCUT2D eigenvalue weighted by Crippen LogP contribution is -2.45. The van der Waals surface area contributed by atoms with Gasteiger partial charge in [0.05, 0.1) is 0 Å². The number of rotatable bonds is 6. The van der Waals surface area contributed by atoms with Gasteiger partial charge in [-0.05, 0) is 17.5 Å². The summed E-state index contributed by atoms with van der Waals surface area (Å²) in [5.41, 5.74) is 0.590. The van der Waals surface area contributed by atoms with Crippen LogP contribution in [0.25, 0.3) is 0 Å². The number of hydrogen-bond acceptors (Lipinski definition) is 3. The van der Waals surface area contributed by atoms with Crippen molar-refractivity contribution in [2.75, 3.05) is 13.6 Å². The average molecular weight is 365 g/mol. The molecule has 1 fully saturated rings. The van der Waals surface area contributed by atoms with Gasteiger partial charge in [0.25, 0.3) is 5.91 Å². The van der Waals surface area contributed by atoms with Gasteiger partial charge in [0.1, 0.15) is 12.1 Å². The van der Waals surface area contributed by atoms with Crippen molar-refractivity contribution in [3.8, 4) is 0 Å². The van der Waals surface area contributed by atoms with Gasteiger partial charge in [-0.25, -0.2) is 4.79 Å². The Bertz CT molecular complexity index is 838. The van der Waals surface area contributed by atoms with E-state index in [1.807, 2.05) is 67.6 Å². The molecule has 1 saturated heterocycles. The first kappa shape index (κ1) is 18.6. The minimum atomic E-state index is -1.11. The zero-order valence-electron chi connectivity index (χ0n) is 15.5. The number of carbonyl (C=O) groups excluding carboxylic acids is 3. The summed E-state index contributed by atoms with van der Waals surface area (Å²) in [5, 5.41) is 2.79. The Morgan fingerprint density at radius 3 is 2.22 bits per heavy atom. The summed E-state index contributed by atoms with van der Waals surface area (Å²) in [6.45, 7) is 1.99. The van der Waals surface area contributed by atoms with E-state index >= 15 is 0 Å². The molecule has 3 rings (SSSR count). The highest BCUT2D eigenvalue weighted by atomic mass is 16.2. The second-order valence-electron chi connectivity index (χ2n) is 6.68. The number of carbonyl (C=O) groups is 3. The average Bonchev–Trinajstić information content (AvgIpc) is 2.94. The topological polar surface area (TPSA) is 69.7 Å². The number of nitrogens with zero attached hydrogens (tertiary/aromatic N) is 2. The highest BCUT2D eigenvalue weighted by Crippen LogP contribution is 2.32. The van der Waals surface area contributed by atoms with Crippen molar-refractivity contribution in [1.29, 1.82) is 0 Å². The summed E-state index contributed by atoms with van der Waals surface area (Å²) >= 11 is 0. The predicted molar refractivity (Wildman–Crippen MR) is 102 cm³/mol. The molecule has 1 N–H and O–H groups in total. The molecule has 0 radical (unpaired) electrons. The molecule has 1 aliphatic rings. The van der Waals surface area contributed by atoms with Crippen LogP contribution in [0.3, 0.4) is 0 Å². The van der Waals surface area contributed by atoms with E-state index in [4.69, 9.17) is 0 Å². The molecule has 1 aliphatic heterocycles. The maximum atomic E-state index is 13.1. The van der Waals surface area contributed by atoms with Gasteiger partial charge in [-0.2, -0.15) is 0 Å². The van der Waals surface area contributed by atoms with E-state index in [0.717, 1.165) is 16.0 Å². The highest BCUT2D eigenvalue weighted by Gasteiger charge is 2.51. The van der Waals surface area contributed by atoms with Crippen molar-refractivity contribution in [3.05, 3.63) is 71.8 Å². The van der Waals surface area contributed by atoms with Crippen molar-refractivity contribution < 1.29 is 14.4 Å². The first-order valence-corrected chi connectivity index (χ1v) is 8.95. The van der Waals surface area contributed by atoms with Crippen LogP contribution in [0, 0.1) is 0 Å². The lowest BCUT2D eigenvalue weighted by molar-refractivity contribution is -0.138. The first-order valence-electron chi connectivity index (χ1n) is 8.95. The van der Waals surface area contributed by atoms with Crippen LogP contribution < -0.4 is 5.32 Å². The Labute approximate surface area is 158 Å². The lowest BCUT2D eigenvalue weighted by atomic mass is 9.87. The van der Waals surface area contributed by atoms with E-state index in [2.05, 4.69) is 5.32 Å². The van der Waals surface area contributed by atoms with Crippen LogP contribution in [-0.4, -0.2) is 41.2 Å². The van der Waals surface area contributed by atoms with E-state index in [0.29, 0.717) is 13.0 Å². The quantitative estimate of drug-likeness (QED) is 0.800. The van der Waals surface area contributed by atoms with Crippen molar-refractivity contribution in [1.82, 2.24) is 15.1 Å². The fourth-order valence-corrected chi connectivity index (χ4v) is 3.33. The van der Waals surface area contributed by atoms with Gasteiger partial charge in [-0.1, -0.05) is 67.6 Å². The molecular weight excluding hydrogens is 342 g/mol. The molecule has 0 aromatic heterocycles. The number of benzene rings is 2. The molecule has 1 heterocycles. The van der Waals surface area contributed by atoms with E-state index in [-0.39, 0.29) is 18.4 Å². The minimum Gasteiger partial charge on any atom is -0.340 e. The van der Waals surface area contributed by atoms with Gasteiger partial charge in [0.15, 0.2) is 0 Å². The third-order valence-corrected chi connectivity index (χ3v) is 4.95. The Morgan fingerprint density at radius 1 is 1.04 bits per heavy atom. The standard InChI is InChI=1S/C21H23N3O3/c1-3-21(17-12-8-5-9-13-17)19(26)24(20(27)22-21)15-18(25)23(2)14-16-10-6-4-7-11-16/h4-13H,3,14-15H2,1-2H3,(H,22,27)/t21-/m0/s1. The molecule has 2 aromatic carbocycles. The van der Waals surface area contributed by atoms with Gasteiger partial charge in [-0.15, -0.1) is 0 Å². The molecule has 0 saturated carbocycles. The van der Waals surface area contributed by atoms with Gasteiger partial charge in [0.2, 0.25) is 5.91 Å².